The van der Waals surface area contributed by atoms with Crippen LogP contribution < -0.4 is 0 Å². The second-order valence-electron chi connectivity index (χ2n) is 3.67. The van der Waals surface area contributed by atoms with E-state index in [2.05, 4.69) is 5.10 Å². The smallest absolute Gasteiger partial charge is 0.283 e. The first-order valence-electron chi connectivity index (χ1n) is 5.15. The number of hydrogen-bond acceptors (Lipinski definition) is 5. The van der Waals surface area contributed by atoms with E-state index in [9.17, 15) is 10.1 Å². The van der Waals surface area contributed by atoms with Gasteiger partial charge in [-0.1, -0.05) is 17.8 Å². The number of nitro benzene ring substituents is 1. The molecular weight excluding hydrogens is 254 g/mol. The highest BCUT2D eigenvalue weighted by Gasteiger charge is 2.16. The fourth-order valence-corrected chi connectivity index (χ4v) is 2.40. The SMILES string of the molecule is Cn1cc(Sc2ccc(CO)cc2[N+](=O)[O-])cn1. The first-order chi connectivity index (χ1) is 8.60. The van der Waals surface area contributed by atoms with Crippen LogP contribution >= 0.6 is 11.8 Å². The summed E-state index contributed by atoms with van der Waals surface area (Å²) in [6.45, 7) is -0.210. The van der Waals surface area contributed by atoms with Gasteiger partial charge in [-0.3, -0.25) is 14.8 Å². The molecule has 0 saturated carbocycles. The van der Waals surface area contributed by atoms with Gasteiger partial charge < -0.3 is 5.11 Å². The molecule has 0 bridgehead atoms. The minimum atomic E-state index is -0.447. The number of aryl methyl sites for hydroxylation is 1. The molecule has 0 aliphatic heterocycles. The maximum atomic E-state index is 11.0. The van der Waals surface area contributed by atoms with Crippen LogP contribution in [0.1, 0.15) is 5.56 Å². The molecule has 94 valence electrons. The van der Waals surface area contributed by atoms with E-state index in [1.54, 1.807) is 36.3 Å². The molecule has 0 unspecified atom stereocenters. The number of aromatic nitrogens is 2. The molecular formula is C11H11N3O3S. The lowest BCUT2D eigenvalue weighted by atomic mass is 10.2. The zero-order chi connectivity index (χ0) is 13.1. The summed E-state index contributed by atoms with van der Waals surface area (Å²) in [5.41, 5.74) is 0.521. The molecule has 0 radical (unpaired) electrons. The molecule has 0 aliphatic rings. The Labute approximate surface area is 107 Å². The maximum absolute atomic E-state index is 11.0. The molecule has 18 heavy (non-hydrogen) atoms. The molecule has 6 nitrogen and oxygen atoms in total. The Balaban J connectivity index is 2.34. The quantitative estimate of drug-likeness (QED) is 0.675. The monoisotopic (exact) mass is 265 g/mol. The van der Waals surface area contributed by atoms with E-state index in [0.29, 0.717) is 10.5 Å². The van der Waals surface area contributed by atoms with Crippen molar-refractivity contribution in [3.63, 3.8) is 0 Å². The second-order valence-corrected chi connectivity index (χ2v) is 4.78. The van der Waals surface area contributed by atoms with Gasteiger partial charge in [0.15, 0.2) is 0 Å². The number of aliphatic hydroxyl groups excluding tert-OH is 1. The van der Waals surface area contributed by atoms with Crippen molar-refractivity contribution in [3.05, 3.63) is 46.3 Å². The third kappa shape index (κ3) is 2.69. The Morgan fingerprint density at radius 3 is 2.89 bits per heavy atom. The van der Waals surface area contributed by atoms with Crippen molar-refractivity contribution in [2.24, 2.45) is 7.05 Å². The minimum absolute atomic E-state index is 0.00426. The molecule has 0 atom stereocenters. The number of aliphatic hydroxyl groups is 1. The average molecular weight is 265 g/mol. The highest BCUT2D eigenvalue weighted by atomic mass is 32.2. The molecule has 2 aromatic rings. The molecule has 1 aromatic carbocycles. The van der Waals surface area contributed by atoms with Crippen molar-refractivity contribution < 1.29 is 10.0 Å². The van der Waals surface area contributed by atoms with Crippen LogP contribution in [0.25, 0.3) is 0 Å². The van der Waals surface area contributed by atoms with Crippen LogP contribution in [0.5, 0.6) is 0 Å². The largest absolute Gasteiger partial charge is 0.392 e. The number of hydrogen-bond donors (Lipinski definition) is 1. The fraction of sp³-hybridized carbons (Fsp3) is 0.182. The normalized spacial score (nSPS) is 10.6. The van der Waals surface area contributed by atoms with Crippen LogP contribution in [0.3, 0.4) is 0 Å². The van der Waals surface area contributed by atoms with Crippen LogP contribution in [0, 0.1) is 10.1 Å². The number of benzene rings is 1. The summed E-state index contributed by atoms with van der Waals surface area (Å²) in [7, 11) is 1.79. The van der Waals surface area contributed by atoms with E-state index in [1.807, 2.05) is 0 Å². The molecule has 2 rings (SSSR count). The summed E-state index contributed by atoms with van der Waals surface area (Å²) in [5.74, 6) is 0. The summed E-state index contributed by atoms with van der Waals surface area (Å²) in [5, 5.41) is 24.0. The van der Waals surface area contributed by atoms with Crippen molar-refractivity contribution >= 4 is 17.4 Å². The predicted molar refractivity (Wildman–Crippen MR) is 66.4 cm³/mol. The summed E-state index contributed by atoms with van der Waals surface area (Å²) < 4.78 is 1.64. The summed E-state index contributed by atoms with van der Waals surface area (Å²) >= 11 is 1.28. The summed E-state index contributed by atoms with van der Waals surface area (Å²) in [4.78, 5) is 11.9. The van der Waals surface area contributed by atoms with Crippen LogP contribution in [0.2, 0.25) is 0 Å². The lowest BCUT2D eigenvalue weighted by molar-refractivity contribution is -0.387. The number of nitro groups is 1. The molecule has 7 heteroatoms. The van der Waals surface area contributed by atoms with E-state index >= 15 is 0 Å². The zero-order valence-corrected chi connectivity index (χ0v) is 10.4. The fourth-order valence-electron chi connectivity index (χ4n) is 1.47. The summed E-state index contributed by atoms with van der Waals surface area (Å²) in [6.07, 6.45) is 3.43. The van der Waals surface area contributed by atoms with Crippen molar-refractivity contribution in [3.8, 4) is 0 Å². The molecule has 1 N–H and O–H groups in total. The molecule has 0 spiro atoms. The van der Waals surface area contributed by atoms with Crippen molar-refractivity contribution in [2.45, 2.75) is 16.4 Å². The topological polar surface area (TPSA) is 81.2 Å². The van der Waals surface area contributed by atoms with Gasteiger partial charge in [0.05, 0.1) is 27.5 Å². The van der Waals surface area contributed by atoms with Gasteiger partial charge in [0.1, 0.15) is 0 Å². The zero-order valence-electron chi connectivity index (χ0n) is 9.61. The minimum Gasteiger partial charge on any atom is -0.392 e. The Bertz CT molecular complexity index is 583. The van der Waals surface area contributed by atoms with E-state index < -0.39 is 4.92 Å². The Morgan fingerprint density at radius 2 is 2.33 bits per heavy atom. The molecule has 0 saturated heterocycles. The van der Waals surface area contributed by atoms with Crippen LogP contribution in [0.4, 0.5) is 5.69 Å². The first-order valence-corrected chi connectivity index (χ1v) is 5.96. The van der Waals surface area contributed by atoms with E-state index in [4.69, 9.17) is 5.11 Å². The Hall–Kier alpha value is -1.86. The van der Waals surface area contributed by atoms with Crippen molar-refractivity contribution in [2.75, 3.05) is 0 Å². The van der Waals surface area contributed by atoms with E-state index in [-0.39, 0.29) is 12.3 Å². The van der Waals surface area contributed by atoms with Crippen molar-refractivity contribution in [1.29, 1.82) is 0 Å². The van der Waals surface area contributed by atoms with Crippen LogP contribution in [0.15, 0.2) is 40.4 Å². The van der Waals surface area contributed by atoms with E-state index in [0.717, 1.165) is 4.90 Å². The summed E-state index contributed by atoms with van der Waals surface area (Å²) in [6, 6.07) is 4.70. The third-order valence-corrected chi connectivity index (χ3v) is 3.32. The van der Waals surface area contributed by atoms with Crippen molar-refractivity contribution in [1.82, 2.24) is 9.78 Å². The van der Waals surface area contributed by atoms with Gasteiger partial charge in [-0.25, -0.2) is 0 Å². The third-order valence-electron chi connectivity index (χ3n) is 2.31. The first kappa shape index (κ1) is 12.6. The van der Waals surface area contributed by atoms with Gasteiger partial charge in [0, 0.05) is 19.3 Å². The molecule has 0 aliphatic carbocycles. The molecule has 0 fully saturated rings. The van der Waals surface area contributed by atoms with Gasteiger partial charge in [-0.05, 0) is 11.6 Å². The van der Waals surface area contributed by atoms with Gasteiger partial charge in [-0.2, -0.15) is 5.10 Å². The average Bonchev–Trinajstić information content (AvgIpc) is 2.75. The lowest BCUT2D eigenvalue weighted by Crippen LogP contribution is -1.93. The number of rotatable bonds is 4. The van der Waals surface area contributed by atoms with Crippen LogP contribution in [-0.4, -0.2) is 19.8 Å². The Kier molecular flexibility index (Phi) is 3.63. The second kappa shape index (κ2) is 5.19. The Morgan fingerprint density at radius 1 is 1.56 bits per heavy atom. The van der Waals surface area contributed by atoms with Gasteiger partial charge >= 0.3 is 0 Å². The molecule has 0 amide bonds. The molecule has 1 heterocycles. The lowest BCUT2D eigenvalue weighted by Gasteiger charge is -2.02. The maximum Gasteiger partial charge on any atom is 0.283 e. The molecule has 1 aromatic heterocycles. The standard InChI is InChI=1S/C11H11N3O3S/c1-13-6-9(5-12-13)18-11-3-2-8(7-15)4-10(11)14(16)17/h2-6,15H,7H2,1H3. The predicted octanol–water partition coefficient (Wildman–Crippen LogP) is 1.97. The highest BCUT2D eigenvalue weighted by Crippen LogP contribution is 2.35. The van der Waals surface area contributed by atoms with Gasteiger partial charge in [0.2, 0.25) is 0 Å². The van der Waals surface area contributed by atoms with Gasteiger partial charge in [-0.15, -0.1) is 0 Å². The van der Waals surface area contributed by atoms with E-state index in [1.165, 1.54) is 17.8 Å². The highest BCUT2D eigenvalue weighted by molar-refractivity contribution is 7.99. The van der Waals surface area contributed by atoms with Crippen LogP contribution in [-0.2, 0) is 13.7 Å². The van der Waals surface area contributed by atoms with Gasteiger partial charge in [0.25, 0.3) is 5.69 Å². The number of nitrogens with zero attached hydrogens (tertiary/aromatic N) is 3.